The van der Waals surface area contributed by atoms with Gasteiger partial charge in [0.25, 0.3) is 0 Å². The third-order valence-electron chi connectivity index (χ3n) is 1.65. The van der Waals surface area contributed by atoms with Crippen LogP contribution in [0.15, 0.2) is 18.2 Å². The van der Waals surface area contributed by atoms with Crippen LogP contribution in [0.25, 0.3) is 0 Å². The van der Waals surface area contributed by atoms with E-state index in [1.54, 1.807) is 0 Å². The number of hydrogen-bond donors (Lipinski definition) is 2. The van der Waals surface area contributed by atoms with Gasteiger partial charge in [-0.1, -0.05) is 6.07 Å². The van der Waals surface area contributed by atoms with E-state index in [0.717, 1.165) is 0 Å². The quantitative estimate of drug-likeness (QED) is 0.873. The van der Waals surface area contributed by atoms with E-state index in [1.807, 2.05) is 0 Å². The van der Waals surface area contributed by atoms with Gasteiger partial charge in [-0.05, 0) is 17.7 Å². The lowest BCUT2D eigenvalue weighted by molar-refractivity contribution is -0.153. The van der Waals surface area contributed by atoms with Gasteiger partial charge in [0.05, 0.1) is 0 Å². The fourth-order valence-corrected chi connectivity index (χ4v) is 0.961. The molecule has 0 saturated heterocycles. The number of phenols is 1. The van der Waals surface area contributed by atoms with Crippen molar-refractivity contribution in [1.82, 2.24) is 0 Å². The Bertz CT molecular complexity index is 344. The van der Waals surface area contributed by atoms with Crippen molar-refractivity contribution >= 4 is 12.4 Å². The van der Waals surface area contributed by atoms with Gasteiger partial charge < -0.3 is 15.6 Å². The van der Waals surface area contributed by atoms with Gasteiger partial charge in [-0.2, -0.15) is 13.2 Å². The van der Waals surface area contributed by atoms with Crippen molar-refractivity contribution in [2.24, 2.45) is 5.73 Å². The summed E-state index contributed by atoms with van der Waals surface area (Å²) < 4.78 is 39.9. The first-order valence-electron chi connectivity index (χ1n) is 4.14. The number of benzene rings is 1. The molecule has 16 heavy (non-hydrogen) atoms. The summed E-state index contributed by atoms with van der Waals surface area (Å²) in [5.41, 5.74) is 5.88. The average molecular weight is 258 g/mol. The molecule has 0 fully saturated rings. The highest BCUT2D eigenvalue weighted by molar-refractivity contribution is 5.85. The molecule has 3 N–H and O–H groups in total. The van der Waals surface area contributed by atoms with Crippen molar-refractivity contribution in [2.45, 2.75) is 12.7 Å². The van der Waals surface area contributed by atoms with Gasteiger partial charge in [0.1, 0.15) is 0 Å². The Morgan fingerprint density at radius 3 is 2.44 bits per heavy atom. The lowest BCUT2D eigenvalue weighted by Gasteiger charge is -2.11. The zero-order valence-electron chi connectivity index (χ0n) is 8.12. The fraction of sp³-hybridized carbons (Fsp3) is 0.333. The minimum atomic E-state index is -4.43. The van der Waals surface area contributed by atoms with Crippen LogP contribution in [0.5, 0.6) is 11.5 Å². The summed E-state index contributed by atoms with van der Waals surface area (Å²) in [6.07, 6.45) is -4.43. The number of ether oxygens (including phenoxy) is 1. The smallest absolute Gasteiger partial charge is 0.422 e. The van der Waals surface area contributed by atoms with Gasteiger partial charge in [0.15, 0.2) is 18.1 Å². The maximum absolute atomic E-state index is 11.8. The molecule has 92 valence electrons. The van der Waals surface area contributed by atoms with E-state index in [4.69, 9.17) is 5.73 Å². The Hall–Kier alpha value is -1.14. The summed E-state index contributed by atoms with van der Waals surface area (Å²) in [5.74, 6) is -0.549. The van der Waals surface area contributed by atoms with E-state index in [0.29, 0.717) is 5.56 Å². The van der Waals surface area contributed by atoms with E-state index in [-0.39, 0.29) is 30.5 Å². The van der Waals surface area contributed by atoms with Crippen molar-refractivity contribution in [3.8, 4) is 11.5 Å². The summed E-state index contributed by atoms with van der Waals surface area (Å²) in [6.45, 7) is -1.27. The normalized spacial score (nSPS) is 10.8. The van der Waals surface area contributed by atoms with Gasteiger partial charge in [-0.3, -0.25) is 0 Å². The molecule has 1 aromatic carbocycles. The Morgan fingerprint density at radius 2 is 1.94 bits per heavy atom. The second kappa shape index (κ2) is 5.81. The van der Waals surface area contributed by atoms with Crippen LogP contribution in [-0.4, -0.2) is 17.9 Å². The van der Waals surface area contributed by atoms with Gasteiger partial charge in [0.2, 0.25) is 0 Å². The van der Waals surface area contributed by atoms with Crippen LogP contribution < -0.4 is 10.5 Å². The van der Waals surface area contributed by atoms with Crippen LogP contribution in [0, 0.1) is 0 Å². The van der Waals surface area contributed by atoms with Crippen LogP contribution in [0.2, 0.25) is 0 Å². The largest absolute Gasteiger partial charge is 0.504 e. The molecule has 0 atom stereocenters. The molecule has 0 bridgehead atoms. The zero-order valence-corrected chi connectivity index (χ0v) is 8.94. The van der Waals surface area contributed by atoms with Gasteiger partial charge in [0, 0.05) is 6.54 Å². The fourth-order valence-electron chi connectivity index (χ4n) is 0.961. The summed E-state index contributed by atoms with van der Waals surface area (Å²) in [5, 5.41) is 9.19. The van der Waals surface area contributed by atoms with Crippen LogP contribution in [-0.2, 0) is 6.54 Å². The molecule has 7 heteroatoms. The summed E-state index contributed by atoms with van der Waals surface area (Å²) in [7, 11) is 0. The molecule has 0 radical (unpaired) electrons. The minimum Gasteiger partial charge on any atom is -0.504 e. The molecule has 0 spiro atoms. The molecule has 1 aromatic rings. The third-order valence-corrected chi connectivity index (χ3v) is 1.65. The molecule has 0 unspecified atom stereocenters. The molecular weight excluding hydrogens is 247 g/mol. The van der Waals surface area contributed by atoms with Crippen molar-refractivity contribution in [2.75, 3.05) is 6.61 Å². The summed E-state index contributed by atoms with van der Waals surface area (Å²) >= 11 is 0. The Kier molecular flexibility index (Phi) is 5.40. The van der Waals surface area contributed by atoms with Crippen LogP contribution >= 0.6 is 12.4 Å². The molecule has 0 aliphatic rings. The zero-order chi connectivity index (χ0) is 11.5. The molecule has 1 rings (SSSR count). The monoisotopic (exact) mass is 257 g/mol. The van der Waals surface area contributed by atoms with Crippen molar-refractivity contribution in [3.63, 3.8) is 0 Å². The highest BCUT2D eigenvalue weighted by Crippen LogP contribution is 2.28. The molecule has 0 aromatic heterocycles. The molecule has 0 heterocycles. The predicted octanol–water partition coefficient (Wildman–Crippen LogP) is 2.21. The molecule has 0 aliphatic carbocycles. The van der Waals surface area contributed by atoms with E-state index in [1.165, 1.54) is 18.2 Å². The lowest BCUT2D eigenvalue weighted by Crippen LogP contribution is -2.19. The van der Waals surface area contributed by atoms with Gasteiger partial charge in [-0.15, -0.1) is 12.4 Å². The molecule has 3 nitrogen and oxygen atoms in total. The van der Waals surface area contributed by atoms with Gasteiger partial charge in [-0.25, -0.2) is 0 Å². The number of nitrogens with two attached hydrogens (primary N) is 1. The van der Waals surface area contributed by atoms with Crippen molar-refractivity contribution < 1.29 is 23.0 Å². The summed E-state index contributed by atoms with van der Waals surface area (Å²) in [6, 6.07) is 4.03. The highest BCUT2D eigenvalue weighted by atomic mass is 35.5. The van der Waals surface area contributed by atoms with E-state index in [2.05, 4.69) is 4.74 Å². The van der Waals surface area contributed by atoms with Crippen molar-refractivity contribution in [1.29, 1.82) is 0 Å². The van der Waals surface area contributed by atoms with Crippen LogP contribution in [0.3, 0.4) is 0 Å². The SMILES string of the molecule is Cl.NCc1ccc(O)c(OCC(F)(F)F)c1. The summed E-state index contributed by atoms with van der Waals surface area (Å²) in [4.78, 5) is 0. The number of alkyl halides is 3. The Balaban J connectivity index is 0.00000225. The van der Waals surface area contributed by atoms with Crippen LogP contribution in [0.1, 0.15) is 5.56 Å². The maximum atomic E-state index is 11.8. The van der Waals surface area contributed by atoms with E-state index in [9.17, 15) is 18.3 Å². The minimum absolute atomic E-state index is 0. The first-order valence-corrected chi connectivity index (χ1v) is 4.14. The maximum Gasteiger partial charge on any atom is 0.422 e. The molecular formula is C9H11ClF3NO2. The second-order valence-electron chi connectivity index (χ2n) is 2.91. The third kappa shape index (κ3) is 4.59. The lowest BCUT2D eigenvalue weighted by atomic mass is 10.2. The predicted molar refractivity (Wildman–Crippen MR) is 54.8 cm³/mol. The Labute approximate surface area is 96.4 Å². The highest BCUT2D eigenvalue weighted by Gasteiger charge is 2.28. The molecule has 0 aliphatic heterocycles. The average Bonchev–Trinajstić information content (AvgIpc) is 2.15. The number of halogens is 4. The van der Waals surface area contributed by atoms with Crippen molar-refractivity contribution in [3.05, 3.63) is 23.8 Å². The number of hydrogen-bond acceptors (Lipinski definition) is 3. The number of phenolic OH excluding ortho intramolecular Hbond substituents is 1. The number of aromatic hydroxyl groups is 1. The first kappa shape index (κ1) is 14.9. The van der Waals surface area contributed by atoms with Gasteiger partial charge >= 0.3 is 6.18 Å². The van der Waals surface area contributed by atoms with E-state index < -0.39 is 12.8 Å². The van der Waals surface area contributed by atoms with Crippen LogP contribution in [0.4, 0.5) is 13.2 Å². The standard InChI is InChI=1S/C9H10F3NO2.ClH/c10-9(11,12)5-15-8-3-6(4-13)1-2-7(8)14;/h1-3,14H,4-5,13H2;1H. The second-order valence-corrected chi connectivity index (χ2v) is 2.91. The first-order chi connectivity index (χ1) is 6.92. The number of rotatable bonds is 3. The van der Waals surface area contributed by atoms with E-state index >= 15 is 0 Å². The molecule has 0 saturated carbocycles. The Morgan fingerprint density at radius 1 is 1.31 bits per heavy atom. The topological polar surface area (TPSA) is 55.5 Å². The molecule has 0 amide bonds.